The number of esters is 1. The first-order chi connectivity index (χ1) is 29.5. The Morgan fingerprint density at radius 3 is 2.58 bits per heavy atom. The molecule has 3 atom stereocenters. The Hall–Kier alpha value is -5.93. The van der Waals surface area contributed by atoms with E-state index in [2.05, 4.69) is 71.7 Å². The molecule has 6 bridgehead atoms. The van der Waals surface area contributed by atoms with Crippen molar-refractivity contribution < 1.29 is 33.8 Å². The fourth-order valence-electron chi connectivity index (χ4n) is 8.83. The molecule has 332 valence electrons. The molecule has 2 aliphatic rings. The molecule has 3 heterocycles. The minimum absolute atomic E-state index is 0.00737. The van der Waals surface area contributed by atoms with E-state index in [1.165, 1.54) is 17.0 Å². The van der Waals surface area contributed by atoms with Gasteiger partial charge in [0.25, 0.3) is 5.91 Å². The van der Waals surface area contributed by atoms with Crippen LogP contribution in [-0.2, 0) is 54.5 Å². The molecule has 1 aromatic heterocycles. The fourth-order valence-corrected chi connectivity index (χ4v) is 8.83. The number of ether oxygens (including phenoxy) is 2. The summed E-state index contributed by atoms with van der Waals surface area (Å²) in [4.78, 5) is 57.0. The SMILES string of the molecule is CCn1c(-c2ccccc2CCOC)c2c3cc(ccc31)-c1cc(O)cc(c1)C[C@H](NC(=O)[C@H](C(C)C)N(C)C(=O)CNC(=N)N)C(=O)N1CCC[C@H](N1)C(=O)OCC(C)(C)C2. The minimum Gasteiger partial charge on any atom is -0.508 e. The molecule has 3 aromatic carbocycles. The number of nitrogens with zero attached hydrogens (tertiary/aromatic N) is 3. The van der Waals surface area contributed by atoms with Gasteiger partial charge >= 0.3 is 5.97 Å². The molecule has 2 aliphatic heterocycles. The van der Waals surface area contributed by atoms with Gasteiger partial charge in [0.1, 0.15) is 23.9 Å². The van der Waals surface area contributed by atoms with Gasteiger partial charge in [-0.25, -0.2) is 5.43 Å². The standard InChI is InChI=1S/C47H62N8O7/c1-8-54-39-16-15-31-24-35(39)36(42(54)34-13-10-9-12-30(34)17-19-61-7)25-47(4,5)27-62-45(60)37-14-11-18-55(52-37)44(59)38(22-29-20-32(31)23-33(56)21-29)51-43(58)41(28(2)3)53(6)40(57)26-50-46(48)49/h9-10,12-13,15-16,20-21,23-24,28,37-38,41,52,56H,8,11,14,17-19,22,25-27H2,1-7H3,(H,51,58)(H4,48,49,50)/t37-,38-,41-/m0/s1. The molecule has 0 spiro atoms. The van der Waals surface area contributed by atoms with Crippen LogP contribution in [0.5, 0.6) is 5.75 Å². The average molecular weight is 851 g/mol. The van der Waals surface area contributed by atoms with Crippen LogP contribution in [0.25, 0.3) is 33.3 Å². The third kappa shape index (κ3) is 10.2. The molecule has 15 heteroatoms. The number of guanidine groups is 1. The van der Waals surface area contributed by atoms with Crippen molar-refractivity contribution in [2.45, 2.75) is 91.4 Å². The number of nitrogens with two attached hydrogens (primary N) is 1. The van der Waals surface area contributed by atoms with Crippen molar-refractivity contribution in [3.8, 4) is 28.1 Å². The number of hydrogen-bond donors (Lipinski definition) is 6. The molecule has 15 nitrogen and oxygen atoms in total. The molecule has 1 fully saturated rings. The maximum absolute atomic E-state index is 14.5. The first kappa shape index (κ1) is 45.6. The molecular formula is C47H62N8O7. The van der Waals surface area contributed by atoms with E-state index in [4.69, 9.17) is 20.6 Å². The first-order valence-electron chi connectivity index (χ1n) is 21.5. The molecule has 0 radical (unpaired) electrons. The molecule has 0 unspecified atom stereocenters. The summed E-state index contributed by atoms with van der Waals surface area (Å²) in [6, 6.07) is 16.9. The first-order valence-corrected chi connectivity index (χ1v) is 21.5. The number of phenols is 1. The Bertz CT molecular complexity index is 2320. The van der Waals surface area contributed by atoms with Crippen LogP contribution in [-0.4, -0.2) is 108 Å². The van der Waals surface area contributed by atoms with Crippen molar-refractivity contribution in [3.05, 3.63) is 77.4 Å². The van der Waals surface area contributed by atoms with E-state index >= 15 is 0 Å². The molecule has 1 saturated heterocycles. The highest BCUT2D eigenvalue weighted by atomic mass is 16.5. The molecule has 0 saturated carbocycles. The van der Waals surface area contributed by atoms with Gasteiger partial charge in [0, 0.05) is 55.5 Å². The van der Waals surface area contributed by atoms with Gasteiger partial charge in [0.05, 0.1) is 25.5 Å². The van der Waals surface area contributed by atoms with Crippen LogP contribution in [0.15, 0.2) is 60.7 Å². The number of methoxy groups -OCH3 is 1. The molecule has 62 heavy (non-hydrogen) atoms. The Kier molecular flexibility index (Phi) is 14.3. The summed E-state index contributed by atoms with van der Waals surface area (Å²) in [7, 11) is 3.20. The predicted molar refractivity (Wildman–Crippen MR) is 239 cm³/mol. The number of nitrogens with one attached hydrogen (secondary N) is 4. The number of likely N-dealkylation sites (N-methyl/N-ethyl adjacent to an activating group) is 1. The summed E-state index contributed by atoms with van der Waals surface area (Å²) in [5.74, 6) is -2.74. The number of benzene rings is 3. The van der Waals surface area contributed by atoms with Gasteiger partial charge in [-0.05, 0) is 90.6 Å². The molecule has 7 N–H and O–H groups in total. The second kappa shape index (κ2) is 19.4. The van der Waals surface area contributed by atoms with Crippen molar-refractivity contribution in [3.63, 3.8) is 0 Å². The summed E-state index contributed by atoms with van der Waals surface area (Å²) in [6.07, 6.45) is 2.26. The van der Waals surface area contributed by atoms with Crippen LogP contribution in [0, 0.1) is 16.7 Å². The van der Waals surface area contributed by atoms with Gasteiger partial charge in [-0.2, -0.15) is 0 Å². The highest BCUT2D eigenvalue weighted by Gasteiger charge is 2.37. The van der Waals surface area contributed by atoms with Gasteiger partial charge in [-0.3, -0.25) is 29.6 Å². The number of amides is 3. The van der Waals surface area contributed by atoms with Gasteiger partial charge in [0.2, 0.25) is 11.8 Å². The Morgan fingerprint density at radius 2 is 1.87 bits per heavy atom. The molecule has 3 amide bonds. The smallest absolute Gasteiger partial charge is 0.324 e. The van der Waals surface area contributed by atoms with E-state index in [0.717, 1.165) is 50.8 Å². The van der Waals surface area contributed by atoms with Gasteiger partial charge in [0.15, 0.2) is 5.96 Å². The molecule has 0 aliphatic carbocycles. The number of aryl methyl sites for hydroxylation is 1. The van der Waals surface area contributed by atoms with E-state index in [1.54, 1.807) is 33.1 Å². The quantitative estimate of drug-likeness (QED) is 0.0709. The molecular weight excluding hydrogens is 789 g/mol. The van der Waals surface area contributed by atoms with Crippen molar-refractivity contribution in [2.24, 2.45) is 17.1 Å². The van der Waals surface area contributed by atoms with Gasteiger partial charge in [-0.15, -0.1) is 0 Å². The van der Waals surface area contributed by atoms with E-state index in [0.29, 0.717) is 38.0 Å². The Balaban J connectivity index is 1.48. The number of hydrogen-bond acceptors (Lipinski definition) is 9. The number of hydrazine groups is 1. The zero-order valence-electron chi connectivity index (χ0n) is 37.0. The number of fused-ring (bicyclic) bond motifs is 6. The topological polar surface area (TPSA) is 204 Å². The summed E-state index contributed by atoms with van der Waals surface area (Å²) in [6.45, 7) is 11.3. The lowest BCUT2D eigenvalue weighted by atomic mass is 9.83. The van der Waals surface area contributed by atoms with Crippen molar-refractivity contribution in [1.29, 1.82) is 5.41 Å². The number of aromatic hydroxyl groups is 1. The summed E-state index contributed by atoms with van der Waals surface area (Å²) in [5.41, 5.74) is 15.7. The van der Waals surface area contributed by atoms with Crippen LogP contribution in [0.3, 0.4) is 0 Å². The maximum atomic E-state index is 14.5. The van der Waals surface area contributed by atoms with Gasteiger partial charge < -0.3 is 40.4 Å². The van der Waals surface area contributed by atoms with Crippen LogP contribution >= 0.6 is 0 Å². The van der Waals surface area contributed by atoms with E-state index < -0.39 is 47.2 Å². The predicted octanol–water partition coefficient (Wildman–Crippen LogP) is 4.50. The number of carbonyl (C=O) groups excluding carboxylic acids is 4. The highest BCUT2D eigenvalue weighted by molar-refractivity contribution is 5.96. The zero-order chi connectivity index (χ0) is 44.9. The lowest BCUT2D eigenvalue weighted by molar-refractivity contribution is -0.155. The highest BCUT2D eigenvalue weighted by Crippen LogP contribution is 2.41. The number of phenolic OH excluding ortho intramolecular Hbond substituents is 1. The summed E-state index contributed by atoms with van der Waals surface area (Å²) < 4.78 is 13.9. The lowest BCUT2D eigenvalue weighted by Crippen LogP contribution is -2.62. The molecule has 4 aromatic rings. The Labute approximate surface area is 363 Å². The largest absolute Gasteiger partial charge is 0.508 e. The van der Waals surface area contributed by atoms with Crippen LogP contribution in [0.4, 0.5) is 0 Å². The summed E-state index contributed by atoms with van der Waals surface area (Å²) in [5, 5.41) is 26.5. The minimum atomic E-state index is -1.16. The number of cyclic esters (lactones) is 1. The number of rotatable bonds is 11. The summed E-state index contributed by atoms with van der Waals surface area (Å²) >= 11 is 0. The fraction of sp³-hybridized carbons (Fsp3) is 0.468. The molecule has 6 rings (SSSR count). The second-order valence-electron chi connectivity index (χ2n) is 17.6. The average Bonchev–Trinajstić information content (AvgIpc) is 3.54. The maximum Gasteiger partial charge on any atom is 0.324 e. The van der Waals surface area contributed by atoms with E-state index in [1.807, 2.05) is 18.2 Å². The van der Waals surface area contributed by atoms with Crippen LogP contribution < -0.4 is 21.8 Å². The van der Waals surface area contributed by atoms with E-state index in [-0.39, 0.29) is 43.7 Å². The van der Waals surface area contributed by atoms with Gasteiger partial charge in [-0.1, -0.05) is 64.1 Å². The number of aromatic nitrogens is 1. The van der Waals surface area contributed by atoms with Crippen LogP contribution in [0.2, 0.25) is 0 Å². The van der Waals surface area contributed by atoms with Crippen molar-refractivity contribution >= 4 is 40.6 Å². The Morgan fingerprint density at radius 1 is 1.11 bits per heavy atom. The van der Waals surface area contributed by atoms with Crippen LogP contribution in [0.1, 0.15) is 64.2 Å². The van der Waals surface area contributed by atoms with E-state index in [9.17, 15) is 24.3 Å². The third-order valence-electron chi connectivity index (χ3n) is 11.8. The van der Waals surface area contributed by atoms with Crippen molar-refractivity contribution in [2.75, 3.05) is 40.5 Å². The lowest BCUT2D eigenvalue weighted by Gasteiger charge is -2.36. The third-order valence-corrected chi connectivity index (χ3v) is 11.8. The zero-order valence-corrected chi connectivity index (χ0v) is 37.0. The second-order valence-corrected chi connectivity index (χ2v) is 17.6. The van der Waals surface area contributed by atoms with Crippen molar-refractivity contribution in [1.82, 2.24) is 30.5 Å². The monoisotopic (exact) mass is 850 g/mol. The normalized spacial score (nSPS) is 18.5. The number of carbonyl (C=O) groups is 4.